The average molecular weight is 473 g/mol. The van der Waals surface area contributed by atoms with Crippen LogP contribution in [0.3, 0.4) is 0 Å². The fourth-order valence-electron chi connectivity index (χ4n) is 4.39. The maximum absolute atomic E-state index is 12.3. The standard InChI is InChI=1S/C24H32N4O4S/c1-4-33(30,31)20-5-6-21-18(14-20)7-12-28(21)22-15-23(26-16-25-22)32-19-8-10-27(11-9-19)24(29)13-17(2)3/h5-6,14-17,19H,4,7-13H2,1-3H3. The van der Waals surface area contributed by atoms with Crippen molar-refractivity contribution in [3.05, 3.63) is 36.2 Å². The van der Waals surface area contributed by atoms with Gasteiger partial charge in [0.1, 0.15) is 18.2 Å². The third-order valence-electron chi connectivity index (χ3n) is 6.25. The quantitative estimate of drug-likeness (QED) is 0.610. The van der Waals surface area contributed by atoms with Crippen molar-refractivity contribution >= 4 is 27.2 Å². The number of benzene rings is 1. The lowest BCUT2D eigenvalue weighted by molar-refractivity contribution is -0.133. The van der Waals surface area contributed by atoms with E-state index in [0.29, 0.717) is 36.2 Å². The second-order valence-electron chi connectivity index (χ2n) is 9.11. The van der Waals surface area contributed by atoms with Crippen molar-refractivity contribution in [1.82, 2.24) is 14.9 Å². The number of hydrogen-bond acceptors (Lipinski definition) is 7. The molecule has 1 amide bonds. The fraction of sp³-hybridized carbons (Fsp3) is 0.542. The molecule has 0 radical (unpaired) electrons. The third-order valence-corrected chi connectivity index (χ3v) is 7.99. The molecule has 0 unspecified atom stereocenters. The van der Waals surface area contributed by atoms with Crippen LogP contribution in [0.25, 0.3) is 0 Å². The summed E-state index contributed by atoms with van der Waals surface area (Å²) in [5.74, 6) is 1.92. The van der Waals surface area contributed by atoms with Crippen LogP contribution in [0.5, 0.6) is 5.88 Å². The van der Waals surface area contributed by atoms with Crippen molar-refractivity contribution < 1.29 is 17.9 Å². The van der Waals surface area contributed by atoms with Crippen LogP contribution in [0, 0.1) is 5.92 Å². The number of nitrogens with zero attached hydrogens (tertiary/aromatic N) is 4. The summed E-state index contributed by atoms with van der Waals surface area (Å²) >= 11 is 0. The Morgan fingerprint density at radius 2 is 1.91 bits per heavy atom. The van der Waals surface area contributed by atoms with E-state index in [1.807, 2.05) is 17.0 Å². The lowest BCUT2D eigenvalue weighted by Gasteiger charge is -2.32. The van der Waals surface area contributed by atoms with Gasteiger partial charge in [-0.15, -0.1) is 0 Å². The molecule has 8 nitrogen and oxygen atoms in total. The summed E-state index contributed by atoms with van der Waals surface area (Å²) in [5.41, 5.74) is 1.97. The highest BCUT2D eigenvalue weighted by Crippen LogP contribution is 2.36. The van der Waals surface area contributed by atoms with E-state index in [4.69, 9.17) is 4.74 Å². The van der Waals surface area contributed by atoms with Gasteiger partial charge in [-0.3, -0.25) is 4.79 Å². The van der Waals surface area contributed by atoms with Gasteiger partial charge in [0.25, 0.3) is 0 Å². The average Bonchev–Trinajstić information content (AvgIpc) is 3.23. The highest BCUT2D eigenvalue weighted by atomic mass is 32.2. The minimum atomic E-state index is -3.23. The first-order valence-corrected chi connectivity index (χ1v) is 13.3. The van der Waals surface area contributed by atoms with Crippen LogP contribution in [0.15, 0.2) is 35.5 Å². The van der Waals surface area contributed by atoms with E-state index in [1.165, 1.54) is 6.33 Å². The Kier molecular flexibility index (Phi) is 6.88. The smallest absolute Gasteiger partial charge is 0.222 e. The van der Waals surface area contributed by atoms with Crippen molar-refractivity contribution in [3.63, 3.8) is 0 Å². The Morgan fingerprint density at radius 1 is 1.15 bits per heavy atom. The molecule has 0 N–H and O–H groups in total. The van der Waals surface area contributed by atoms with Gasteiger partial charge in [-0.05, 0) is 36.1 Å². The Morgan fingerprint density at radius 3 is 2.61 bits per heavy atom. The minimum Gasteiger partial charge on any atom is -0.474 e. The van der Waals surface area contributed by atoms with Gasteiger partial charge in [-0.2, -0.15) is 0 Å². The zero-order chi connectivity index (χ0) is 23.6. The number of carbonyl (C=O) groups is 1. The monoisotopic (exact) mass is 472 g/mol. The number of anilines is 2. The van der Waals surface area contributed by atoms with Gasteiger partial charge >= 0.3 is 0 Å². The molecule has 2 aromatic rings. The number of hydrogen-bond donors (Lipinski definition) is 0. The molecule has 178 valence electrons. The van der Waals surface area contributed by atoms with Gasteiger partial charge in [0.15, 0.2) is 9.84 Å². The van der Waals surface area contributed by atoms with Gasteiger partial charge < -0.3 is 14.5 Å². The lowest BCUT2D eigenvalue weighted by Crippen LogP contribution is -2.42. The maximum atomic E-state index is 12.3. The van der Waals surface area contributed by atoms with Gasteiger partial charge in [0.2, 0.25) is 11.8 Å². The predicted octanol–water partition coefficient (Wildman–Crippen LogP) is 3.38. The third kappa shape index (κ3) is 5.29. The first kappa shape index (κ1) is 23.5. The molecular weight excluding hydrogens is 440 g/mol. The number of amides is 1. The number of aromatic nitrogens is 2. The van der Waals surface area contributed by atoms with Gasteiger partial charge in [0, 0.05) is 50.7 Å². The molecular formula is C24H32N4O4S. The second-order valence-corrected chi connectivity index (χ2v) is 11.4. The van der Waals surface area contributed by atoms with Crippen molar-refractivity contribution in [3.8, 4) is 5.88 Å². The van der Waals surface area contributed by atoms with E-state index in [0.717, 1.165) is 42.9 Å². The number of likely N-dealkylation sites (tertiary alicyclic amines) is 1. The van der Waals surface area contributed by atoms with E-state index in [-0.39, 0.29) is 17.8 Å². The second kappa shape index (κ2) is 9.67. The summed E-state index contributed by atoms with van der Waals surface area (Å²) in [6.07, 6.45) is 4.42. The predicted molar refractivity (Wildman–Crippen MR) is 127 cm³/mol. The summed E-state index contributed by atoms with van der Waals surface area (Å²) in [6.45, 7) is 7.91. The Hall–Kier alpha value is -2.68. The van der Waals surface area contributed by atoms with Crippen molar-refractivity contribution in [2.24, 2.45) is 5.92 Å². The largest absolute Gasteiger partial charge is 0.474 e. The van der Waals surface area contributed by atoms with Crippen LogP contribution in [-0.4, -0.2) is 60.7 Å². The summed E-state index contributed by atoms with van der Waals surface area (Å²) in [4.78, 5) is 25.4. The van der Waals surface area contributed by atoms with E-state index in [2.05, 4.69) is 28.7 Å². The molecule has 0 aliphatic carbocycles. The Labute approximate surface area is 195 Å². The Balaban J connectivity index is 1.41. The highest BCUT2D eigenvalue weighted by molar-refractivity contribution is 7.91. The summed E-state index contributed by atoms with van der Waals surface area (Å²) in [5, 5.41) is 0. The number of rotatable bonds is 7. The molecule has 0 atom stereocenters. The van der Waals surface area contributed by atoms with Crippen LogP contribution in [0.2, 0.25) is 0 Å². The van der Waals surface area contributed by atoms with Crippen molar-refractivity contribution in [1.29, 1.82) is 0 Å². The number of piperidine rings is 1. The molecule has 1 aromatic carbocycles. The molecule has 3 heterocycles. The summed E-state index contributed by atoms with van der Waals surface area (Å²) in [7, 11) is -3.23. The zero-order valence-electron chi connectivity index (χ0n) is 19.5. The van der Waals surface area contributed by atoms with Crippen LogP contribution >= 0.6 is 0 Å². The summed E-state index contributed by atoms with van der Waals surface area (Å²) < 4.78 is 30.6. The fourth-order valence-corrected chi connectivity index (χ4v) is 5.32. The van der Waals surface area contributed by atoms with Gasteiger partial charge in [-0.1, -0.05) is 20.8 Å². The maximum Gasteiger partial charge on any atom is 0.222 e. The van der Waals surface area contributed by atoms with Crippen LogP contribution in [0.4, 0.5) is 11.5 Å². The van der Waals surface area contributed by atoms with E-state index in [1.54, 1.807) is 19.1 Å². The van der Waals surface area contributed by atoms with Gasteiger partial charge in [0.05, 0.1) is 10.6 Å². The van der Waals surface area contributed by atoms with Crippen molar-refractivity contribution in [2.75, 3.05) is 30.3 Å². The molecule has 0 saturated carbocycles. The number of fused-ring (bicyclic) bond motifs is 1. The first-order valence-electron chi connectivity index (χ1n) is 11.7. The first-order chi connectivity index (χ1) is 15.8. The Bertz CT molecular complexity index is 1110. The molecule has 0 bridgehead atoms. The SMILES string of the molecule is CCS(=O)(=O)c1ccc2c(c1)CCN2c1cc(OC2CCN(C(=O)CC(C)C)CC2)ncn1. The minimum absolute atomic E-state index is 0.0172. The molecule has 9 heteroatoms. The molecule has 1 aromatic heterocycles. The van der Waals surface area contributed by atoms with E-state index < -0.39 is 9.84 Å². The molecule has 2 aliphatic heterocycles. The van der Waals surface area contributed by atoms with E-state index >= 15 is 0 Å². The lowest BCUT2D eigenvalue weighted by atomic mass is 10.1. The van der Waals surface area contributed by atoms with Crippen LogP contribution in [0.1, 0.15) is 45.6 Å². The number of carbonyl (C=O) groups excluding carboxylic acids is 1. The van der Waals surface area contributed by atoms with Gasteiger partial charge in [-0.25, -0.2) is 18.4 Å². The topological polar surface area (TPSA) is 92.7 Å². The van der Waals surface area contributed by atoms with E-state index in [9.17, 15) is 13.2 Å². The van der Waals surface area contributed by atoms with Crippen LogP contribution < -0.4 is 9.64 Å². The highest BCUT2D eigenvalue weighted by Gasteiger charge is 2.26. The normalized spacial score (nSPS) is 16.8. The molecule has 4 rings (SSSR count). The number of ether oxygens (including phenoxy) is 1. The molecule has 2 aliphatic rings. The summed E-state index contributed by atoms with van der Waals surface area (Å²) in [6, 6.07) is 7.14. The number of sulfone groups is 1. The molecule has 0 spiro atoms. The molecule has 1 fully saturated rings. The van der Waals surface area contributed by atoms with Crippen LogP contribution in [-0.2, 0) is 21.1 Å². The molecule has 1 saturated heterocycles. The van der Waals surface area contributed by atoms with Crippen molar-refractivity contribution in [2.45, 2.75) is 57.5 Å². The zero-order valence-corrected chi connectivity index (χ0v) is 20.3. The molecule has 33 heavy (non-hydrogen) atoms.